The normalized spacial score (nSPS) is 21.9. The predicted molar refractivity (Wildman–Crippen MR) is 103 cm³/mol. The van der Waals surface area contributed by atoms with Crippen LogP contribution < -0.4 is 10.6 Å². The van der Waals surface area contributed by atoms with E-state index in [1.165, 1.54) is 34.4 Å². The van der Waals surface area contributed by atoms with E-state index in [9.17, 15) is 0 Å². The largest absolute Gasteiger partial charge is 0.352 e. The summed E-state index contributed by atoms with van der Waals surface area (Å²) in [7, 11) is 0. The molecule has 1 atom stereocenters. The monoisotopic (exact) mass is 332 g/mol. The third-order valence-corrected chi connectivity index (χ3v) is 4.89. The SMILES string of the molecule is S=C1NC2=C(CCC/C2=C/c2ccccc2)C(c2ccccc2)N1. The van der Waals surface area contributed by atoms with Crippen molar-refractivity contribution < 1.29 is 0 Å². The second kappa shape index (κ2) is 6.62. The highest BCUT2D eigenvalue weighted by molar-refractivity contribution is 7.80. The number of thiocarbonyl (C=S) groups is 1. The summed E-state index contributed by atoms with van der Waals surface area (Å²) in [5.74, 6) is 0. The summed E-state index contributed by atoms with van der Waals surface area (Å²) in [5, 5.41) is 7.58. The fourth-order valence-electron chi connectivity index (χ4n) is 3.57. The predicted octanol–water partition coefficient (Wildman–Crippen LogP) is 4.73. The first-order valence-electron chi connectivity index (χ1n) is 8.43. The molecule has 2 N–H and O–H groups in total. The molecule has 1 aliphatic carbocycles. The van der Waals surface area contributed by atoms with Crippen LogP contribution in [0.5, 0.6) is 0 Å². The van der Waals surface area contributed by atoms with Crippen LogP contribution >= 0.6 is 12.2 Å². The van der Waals surface area contributed by atoms with Gasteiger partial charge in [-0.3, -0.25) is 0 Å². The third-order valence-electron chi connectivity index (χ3n) is 4.67. The highest BCUT2D eigenvalue weighted by atomic mass is 32.1. The molecule has 2 aromatic carbocycles. The fraction of sp³-hybridized carbons (Fsp3) is 0.190. The second-order valence-electron chi connectivity index (χ2n) is 6.28. The Hall–Kier alpha value is -2.39. The van der Waals surface area contributed by atoms with Crippen LogP contribution in [-0.2, 0) is 0 Å². The molecule has 1 aliphatic heterocycles. The molecule has 2 aromatic rings. The second-order valence-corrected chi connectivity index (χ2v) is 6.68. The lowest BCUT2D eigenvalue weighted by atomic mass is 9.83. The van der Waals surface area contributed by atoms with E-state index in [0.717, 1.165) is 12.8 Å². The van der Waals surface area contributed by atoms with Crippen molar-refractivity contribution in [2.45, 2.75) is 25.3 Å². The molecular formula is C21H20N2S. The van der Waals surface area contributed by atoms with Gasteiger partial charge in [-0.15, -0.1) is 0 Å². The first-order chi connectivity index (χ1) is 11.8. The van der Waals surface area contributed by atoms with Crippen molar-refractivity contribution in [2.24, 2.45) is 0 Å². The van der Waals surface area contributed by atoms with Crippen LogP contribution in [0.3, 0.4) is 0 Å². The van der Waals surface area contributed by atoms with Crippen LogP contribution in [0.25, 0.3) is 6.08 Å². The maximum atomic E-state index is 5.49. The quantitative estimate of drug-likeness (QED) is 0.778. The molecule has 24 heavy (non-hydrogen) atoms. The lowest BCUT2D eigenvalue weighted by Crippen LogP contribution is -2.45. The molecule has 2 aliphatic rings. The Morgan fingerprint density at radius 3 is 2.38 bits per heavy atom. The Labute approximate surface area is 148 Å². The van der Waals surface area contributed by atoms with Gasteiger partial charge in [0.1, 0.15) is 0 Å². The molecular weight excluding hydrogens is 312 g/mol. The summed E-state index contributed by atoms with van der Waals surface area (Å²) in [6.45, 7) is 0. The average Bonchev–Trinajstić information content (AvgIpc) is 2.63. The van der Waals surface area contributed by atoms with Crippen LogP contribution in [0.1, 0.15) is 36.4 Å². The third kappa shape index (κ3) is 3.00. The number of allylic oxidation sites excluding steroid dienone is 1. The van der Waals surface area contributed by atoms with Crippen LogP contribution in [-0.4, -0.2) is 5.11 Å². The molecule has 120 valence electrons. The maximum Gasteiger partial charge on any atom is 0.171 e. The zero-order valence-electron chi connectivity index (χ0n) is 13.5. The van der Waals surface area contributed by atoms with Crippen molar-refractivity contribution >= 4 is 23.4 Å². The molecule has 1 heterocycles. The zero-order chi connectivity index (χ0) is 16.4. The molecule has 4 rings (SSSR count). The van der Waals surface area contributed by atoms with Gasteiger partial charge in [-0.25, -0.2) is 0 Å². The van der Waals surface area contributed by atoms with Crippen molar-refractivity contribution in [2.75, 3.05) is 0 Å². The maximum absolute atomic E-state index is 5.49. The van der Waals surface area contributed by atoms with E-state index < -0.39 is 0 Å². The number of benzene rings is 2. The molecule has 0 saturated carbocycles. The standard InChI is InChI=1S/C21H20N2S/c24-21-22-19(16-10-5-2-6-11-16)18-13-7-12-17(20(18)23-21)14-15-8-3-1-4-9-15/h1-6,8-11,14,19H,7,12-13H2,(H2,22,23,24)/b17-14-. The molecule has 0 bridgehead atoms. The molecule has 0 amide bonds. The van der Waals surface area contributed by atoms with E-state index in [1.54, 1.807) is 0 Å². The molecule has 1 unspecified atom stereocenters. The Morgan fingerprint density at radius 1 is 0.917 bits per heavy atom. The molecule has 0 saturated heterocycles. The number of rotatable bonds is 2. The highest BCUT2D eigenvalue weighted by Gasteiger charge is 2.30. The van der Waals surface area contributed by atoms with E-state index in [4.69, 9.17) is 12.2 Å². The lowest BCUT2D eigenvalue weighted by Gasteiger charge is -2.36. The first-order valence-corrected chi connectivity index (χ1v) is 8.83. The van der Waals surface area contributed by atoms with Crippen molar-refractivity contribution in [3.05, 3.63) is 88.6 Å². The topological polar surface area (TPSA) is 24.1 Å². The van der Waals surface area contributed by atoms with Gasteiger partial charge in [0, 0.05) is 5.70 Å². The van der Waals surface area contributed by atoms with Gasteiger partial charge in [-0.2, -0.15) is 0 Å². The fourth-order valence-corrected chi connectivity index (χ4v) is 3.79. The minimum atomic E-state index is 0.175. The Balaban J connectivity index is 1.77. The van der Waals surface area contributed by atoms with Crippen molar-refractivity contribution in [3.63, 3.8) is 0 Å². The zero-order valence-corrected chi connectivity index (χ0v) is 14.3. The lowest BCUT2D eigenvalue weighted by molar-refractivity contribution is 0.609. The van der Waals surface area contributed by atoms with Crippen LogP contribution in [0.15, 0.2) is 77.5 Å². The minimum Gasteiger partial charge on any atom is -0.352 e. The molecule has 3 heteroatoms. The van der Waals surface area contributed by atoms with Crippen molar-refractivity contribution in [3.8, 4) is 0 Å². The number of hydrogen-bond donors (Lipinski definition) is 2. The van der Waals surface area contributed by atoms with E-state index in [1.807, 2.05) is 0 Å². The van der Waals surface area contributed by atoms with E-state index in [2.05, 4.69) is 77.4 Å². The summed E-state index contributed by atoms with van der Waals surface area (Å²) in [5.41, 5.74) is 6.51. The molecule has 2 nitrogen and oxygen atoms in total. The van der Waals surface area contributed by atoms with E-state index in [0.29, 0.717) is 5.11 Å². The van der Waals surface area contributed by atoms with E-state index >= 15 is 0 Å². The van der Waals surface area contributed by atoms with Gasteiger partial charge in [0.05, 0.1) is 6.04 Å². The summed E-state index contributed by atoms with van der Waals surface area (Å²) >= 11 is 5.49. The summed E-state index contributed by atoms with van der Waals surface area (Å²) in [6, 6.07) is 21.3. The first kappa shape index (κ1) is 15.2. The smallest absolute Gasteiger partial charge is 0.171 e. The molecule has 0 aromatic heterocycles. The summed E-state index contributed by atoms with van der Waals surface area (Å²) < 4.78 is 0. The van der Waals surface area contributed by atoms with Crippen LogP contribution in [0, 0.1) is 0 Å². The van der Waals surface area contributed by atoms with Gasteiger partial charge in [-0.1, -0.05) is 60.7 Å². The Morgan fingerprint density at radius 2 is 1.62 bits per heavy atom. The van der Waals surface area contributed by atoms with Crippen molar-refractivity contribution in [1.82, 2.24) is 10.6 Å². The number of hydrogen-bond acceptors (Lipinski definition) is 1. The van der Waals surface area contributed by atoms with Crippen molar-refractivity contribution in [1.29, 1.82) is 0 Å². The highest BCUT2D eigenvalue weighted by Crippen LogP contribution is 2.38. The van der Waals surface area contributed by atoms with Crippen LogP contribution in [0.2, 0.25) is 0 Å². The van der Waals surface area contributed by atoms with Gasteiger partial charge in [-0.05, 0) is 59.8 Å². The molecule has 0 fully saturated rings. The van der Waals surface area contributed by atoms with E-state index in [-0.39, 0.29) is 6.04 Å². The van der Waals surface area contributed by atoms with Gasteiger partial charge in [0.25, 0.3) is 0 Å². The average molecular weight is 332 g/mol. The number of nitrogens with one attached hydrogen (secondary N) is 2. The summed E-state index contributed by atoms with van der Waals surface area (Å²) in [6.07, 6.45) is 5.66. The minimum absolute atomic E-state index is 0.175. The molecule has 0 spiro atoms. The Kier molecular flexibility index (Phi) is 4.18. The van der Waals surface area contributed by atoms with Crippen LogP contribution in [0.4, 0.5) is 0 Å². The summed E-state index contributed by atoms with van der Waals surface area (Å²) in [4.78, 5) is 0. The van der Waals surface area contributed by atoms with Gasteiger partial charge in [0.15, 0.2) is 5.11 Å². The van der Waals surface area contributed by atoms with Gasteiger partial charge < -0.3 is 10.6 Å². The molecule has 0 radical (unpaired) electrons. The Bertz CT molecular complexity index is 806. The van der Waals surface area contributed by atoms with Gasteiger partial charge >= 0.3 is 0 Å². The van der Waals surface area contributed by atoms with Gasteiger partial charge in [0.2, 0.25) is 0 Å².